The lowest BCUT2D eigenvalue weighted by atomic mass is 10.1. The van der Waals surface area contributed by atoms with Gasteiger partial charge in [0.1, 0.15) is 0 Å². The fraction of sp³-hybridized carbons (Fsp3) is 0.375. The first kappa shape index (κ1) is 15.3. The van der Waals surface area contributed by atoms with E-state index in [0.717, 1.165) is 24.9 Å². The summed E-state index contributed by atoms with van der Waals surface area (Å²) in [6.07, 6.45) is 5.34. The van der Waals surface area contributed by atoms with Crippen molar-refractivity contribution in [3.63, 3.8) is 0 Å². The summed E-state index contributed by atoms with van der Waals surface area (Å²) in [7, 11) is 1.60. The average molecular weight is 287 g/mol. The maximum Gasteiger partial charge on any atom is 0.251 e. The Bertz CT molecular complexity index is 537. The van der Waals surface area contributed by atoms with Crippen molar-refractivity contribution in [3.8, 4) is 0 Å². The van der Waals surface area contributed by atoms with Crippen LogP contribution in [0.1, 0.15) is 28.8 Å². The summed E-state index contributed by atoms with van der Waals surface area (Å²) in [4.78, 5) is 25.4. The van der Waals surface area contributed by atoms with Crippen molar-refractivity contribution in [2.45, 2.75) is 18.9 Å². The second kappa shape index (κ2) is 7.04. The van der Waals surface area contributed by atoms with Gasteiger partial charge in [-0.1, -0.05) is 12.1 Å². The van der Waals surface area contributed by atoms with Gasteiger partial charge in [0.25, 0.3) is 5.91 Å². The smallest absolute Gasteiger partial charge is 0.251 e. The lowest BCUT2D eigenvalue weighted by molar-refractivity contribution is -0.126. The first-order chi connectivity index (χ1) is 10.2. The highest BCUT2D eigenvalue weighted by atomic mass is 16.2. The van der Waals surface area contributed by atoms with Crippen molar-refractivity contribution in [1.82, 2.24) is 10.2 Å². The molecule has 0 spiro atoms. The third kappa shape index (κ3) is 3.70. The molecule has 0 aromatic heterocycles. The van der Waals surface area contributed by atoms with Crippen LogP contribution in [-0.2, 0) is 4.79 Å². The van der Waals surface area contributed by atoms with Gasteiger partial charge in [0.15, 0.2) is 0 Å². The second-order valence-corrected chi connectivity index (χ2v) is 5.10. The van der Waals surface area contributed by atoms with E-state index in [1.165, 1.54) is 0 Å². The Hall–Kier alpha value is -2.14. The van der Waals surface area contributed by atoms with E-state index in [9.17, 15) is 9.59 Å². The molecule has 1 aliphatic heterocycles. The first-order valence-corrected chi connectivity index (χ1v) is 7.16. The van der Waals surface area contributed by atoms with Crippen LogP contribution in [-0.4, -0.2) is 42.9 Å². The number of carbonyl (C=O) groups is 2. The van der Waals surface area contributed by atoms with Crippen molar-refractivity contribution >= 4 is 17.9 Å². The molecule has 1 aromatic rings. The van der Waals surface area contributed by atoms with Crippen LogP contribution in [0.4, 0.5) is 0 Å². The van der Waals surface area contributed by atoms with Gasteiger partial charge in [-0.2, -0.15) is 0 Å². The molecule has 0 radical (unpaired) electrons. The molecular weight excluding hydrogens is 266 g/mol. The van der Waals surface area contributed by atoms with Crippen molar-refractivity contribution in [1.29, 1.82) is 0 Å². The van der Waals surface area contributed by atoms with Gasteiger partial charge in [-0.15, -0.1) is 0 Å². The SMILES string of the molecule is CNC(=O)c1ccc(/C=C/C(=O)N2CCCC2CN)cc1. The number of hydrogen-bond acceptors (Lipinski definition) is 3. The number of amides is 2. The minimum Gasteiger partial charge on any atom is -0.355 e. The number of carbonyl (C=O) groups excluding carboxylic acids is 2. The molecule has 1 saturated heterocycles. The minimum atomic E-state index is -0.121. The highest BCUT2D eigenvalue weighted by molar-refractivity contribution is 5.95. The standard InChI is InChI=1S/C16H21N3O2/c1-18-16(21)13-7-4-12(5-8-13)6-9-15(20)19-10-2-3-14(19)11-17/h4-9,14H,2-3,10-11,17H2,1H3,(H,18,21)/b9-6+. The van der Waals surface area contributed by atoms with Crippen LogP contribution in [0.15, 0.2) is 30.3 Å². The van der Waals surface area contributed by atoms with E-state index >= 15 is 0 Å². The molecule has 1 unspecified atom stereocenters. The summed E-state index contributed by atoms with van der Waals surface area (Å²) < 4.78 is 0. The highest BCUT2D eigenvalue weighted by Crippen LogP contribution is 2.17. The quantitative estimate of drug-likeness (QED) is 0.812. The van der Waals surface area contributed by atoms with Crippen LogP contribution in [0.2, 0.25) is 0 Å². The van der Waals surface area contributed by atoms with Crippen LogP contribution in [0.5, 0.6) is 0 Å². The van der Waals surface area contributed by atoms with Crippen LogP contribution >= 0.6 is 0 Å². The maximum atomic E-state index is 12.1. The van der Waals surface area contributed by atoms with Gasteiger partial charge in [0.2, 0.25) is 5.91 Å². The zero-order valence-electron chi connectivity index (χ0n) is 12.2. The summed E-state index contributed by atoms with van der Waals surface area (Å²) in [6, 6.07) is 7.28. The molecule has 2 amide bonds. The number of nitrogens with one attached hydrogen (secondary N) is 1. The Morgan fingerprint density at radius 3 is 2.71 bits per heavy atom. The van der Waals surface area contributed by atoms with Gasteiger partial charge >= 0.3 is 0 Å². The molecule has 5 heteroatoms. The van der Waals surface area contributed by atoms with E-state index in [4.69, 9.17) is 5.73 Å². The molecule has 0 bridgehead atoms. The zero-order chi connectivity index (χ0) is 15.2. The van der Waals surface area contributed by atoms with Gasteiger partial charge in [-0.25, -0.2) is 0 Å². The van der Waals surface area contributed by atoms with Crippen LogP contribution in [0, 0.1) is 0 Å². The minimum absolute atomic E-state index is 0.00155. The van der Waals surface area contributed by atoms with Crippen molar-refractivity contribution in [3.05, 3.63) is 41.5 Å². The van der Waals surface area contributed by atoms with E-state index < -0.39 is 0 Å². The van der Waals surface area contributed by atoms with E-state index in [1.54, 1.807) is 31.3 Å². The second-order valence-electron chi connectivity index (χ2n) is 5.10. The van der Waals surface area contributed by atoms with E-state index in [-0.39, 0.29) is 17.9 Å². The van der Waals surface area contributed by atoms with Gasteiger partial charge in [0, 0.05) is 37.8 Å². The highest BCUT2D eigenvalue weighted by Gasteiger charge is 2.25. The molecule has 1 atom stereocenters. The van der Waals surface area contributed by atoms with Crippen molar-refractivity contribution < 1.29 is 9.59 Å². The number of likely N-dealkylation sites (tertiary alicyclic amines) is 1. The summed E-state index contributed by atoms with van der Waals surface area (Å²) >= 11 is 0. The maximum absolute atomic E-state index is 12.1. The van der Waals surface area contributed by atoms with E-state index in [0.29, 0.717) is 12.1 Å². The van der Waals surface area contributed by atoms with Gasteiger partial charge < -0.3 is 16.0 Å². The van der Waals surface area contributed by atoms with Gasteiger partial charge in [0.05, 0.1) is 0 Å². The number of hydrogen-bond donors (Lipinski definition) is 2. The van der Waals surface area contributed by atoms with Crippen LogP contribution in [0.25, 0.3) is 6.08 Å². The Morgan fingerprint density at radius 2 is 2.10 bits per heavy atom. The van der Waals surface area contributed by atoms with E-state index in [1.807, 2.05) is 17.0 Å². The summed E-state index contributed by atoms with van der Waals surface area (Å²) in [6.45, 7) is 1.29. The van der Waals surface area contributed by atoms with Crippen molar-refractivity contribution in [2.75, 3.05) is 20.1 Å². The number of nitrogens with two attached hydrogens (primary N) is 1. The van der Waals surface area contributed by atoms with Crippen LogP contribution in [0.3, 0.4) is 0 Å². The Labute approximate surface area is 124 Å². The van der Waals surface area contributed by atoms with E-state index in [2.05, 4.69) is 5.32 Å². The molecule has 3 N–H and O–H groups in total. The number of benzene rings is 1. The molecule has 112 valence electrons. The first-order valence-electron chi connectivity index (χ1n) is 7.16. The zero-order valence-corrected chi connectivity index (χ0v) is 12.2. The summed E-state index contributed by atoms with van der Waals surface area (Å²) in [5.74, 6) is -0.122. The Kier molecular flexibility index (Phi) is 5.11. The lowest BCUT2D eigenvalue weighted by Crippen LogP contribution is -2.38. The fourth-order valence-corrected chi connectivity index (χ4v) is 2.52. The molecule has 0 saturated carbocycles. The lowest BCUT2D eigenvalue weighted by Gasteiger charge is -2.21. The molecule has 2 rings (SSSR count). The third-order valence-electron chi connectivity index (χ3n) is 3.75. The number of rotatable bonds is 4. The predicted octanol–water partition coefficient (Wildman–Crippen LogP) is 1.01. The summed E-state index contributed by atoms with van der Waals surface area (Å²) in [5.41, 5.74) is 7.16. The third-order valence-corrected chi connectivity index (χ3v) is 3.75. The molecule has 0 aliphatic carbocycles. The Balaban J connectivity index is 2.00. The average Bonchev–Trinajstić information content (AvgIpc) is 3.01. The molecule has 21 heavy (non-hydrogen) atoms. The summed E-state index contributed by atoms with van der Waals surface area (Å²) in [5, 5.41) is 2.57. The Morgan fingerprint density at radius 1 is 1.38 bits per heavy atom. The van der Waals surface area contributed by atoms with Gasteiger partial charge in [-0.3, -0.25) is 9.59 Å². The molecule has 1 heterocycles. The molecule has 1 aliphatic rings. The topological polar surface area (TPSA) is 75.4 Å². The largest absolute Gasteiger partial charge is 0.355 e. The van der Waals surface area contributed by atoms with Crippen molar-refractivity contribution in [2.24, 2.45) is 5.73 Å². The predicted molar refractivity (Wildman–Crippen MR) is 82.7 cm³/mol. The molecule has 1 fully saturated rings. The fourth-order valence-electron chi connectivity index (χ4n) is 2.52. The molecular formula is C16H21N3O2. The molecule has 5 nitrogen and oxygen atoms in total. The van der Waals surface area contributed by atoms with Crippen LogP contribution < -0.4 is 11.1 Å². The monoisotopic (exact) mass is 287 g/mol. The van der Waals surface area contributed by atoms with Gasteiger partial charge in [-0.05, 0) is 36.6 Å². The number of nitrogens with zero attached hydrogens (tertiary/aromatic N) is 1. The molecule has 1 aromatic carbocycles. The normalized spacial score (nSPS) is 18.2.